The molecular weight excluding hydrogens is 428 g/mol. The number of ether oxygens (including phenoxy) is 1. The fourth-order valence-corrected chi connectivity index (χ4v) is 4.59. The maximum atomic E-state index is 12.5. The molecule has 3 aromatic carbocycles. The number of ketones is 1. The molecule has 0 aliphatic carbocycles. The van der Waals surface area contributed by atoms with Gasteiger partial charge in [-0.05, 0) is 34.9 Å². The quantitative estimate of drug-likeness (QED) is 0.315. The molecule has 0 spiro atoms. The molecule has 1 heterocycles. The van der Waals surface area contributed by atoms with E-state index in [1.807, 2.05) is 49.4 Å². The summed E-state index contributed by atoms with van der Waals surface area (Å²) in [6.45, 7) is 0.980. The molecule has 2 N–H and O–H groups in total. The number of sulfonamides is 1. The smallest absolute Gasteiger partial charge is 0.321 e. The third-order valence-electron chi connectivity index (χ3n) is 5.29. The fraction of sp³-hybridized carbons (Fsp3) is 0.167. The first-order valence-corrected chi connectivity index (χ1v) is 11.6. The molecular formula is C24H22N2O5S. The van der Waals surface area contributed by atoms with Gasteiger partial charge in [-0.1, -0.05) is 55.5 Å². The lowest BCUT2D eigenvalue weighted by atomic mass is 10.1. The van der Waals surface area contributed by atoms with Crippen molar-refractivity contribution in [2.45, 2.75) is 18.2 Å². The van der Waals surface area contributed by atoms with Gasteiger partial charge in [0.05, 0.1) is 4.90 Å². The Kier molecular flexibility index (Phi) is 6.07. The Morgan fingerprint density at radius 1 is 1.00 bits per heavy atom. The van der Waals surface area contributed by atoms with Crippen LogP contribution in [0.1, 0.15) is 22.8 Å². The Labute approximate surface area is 185 Å². The number of para-hydroxylation sites is 1. The highest BCUT2D eigenvalue weighted by Gasteiger charge is 2.19. The summed E-state index contributed by atoms with van der Waals surface area (Å²) in [7, 11) is -3.91. The van der Waals surface area contributed by atoms with Crippen LogP contribution in [0.4, 0.5) is 0 Å². The molecule has 0 atom stereocenters. The molecule has 0 amide bonds. The van der Waals surface area contributed by atoms with Gasteiger partial charge in [0, 0.05) is 22.7 Å². The molecule has 4 aromatic rings. The fourth-order valence-electron chi connectivity index (χ4n) is 3.59. The van der Waals surface area contributed by atoms with E-state index < -0.39 is 29.1 Å². The molecule has 0 aliphatic rings. The Hall–Kier alpha value is -3.49. The van der Waals surface area contributed by atoms with Crippen molar-refractivity contribution in [3.63, 3.8) is 0 Å². The van der Waals surface area contributed by atoms with Gasteiger partial charge in [-0.25, -0.2) is 8.42 Å². The number of rotatable bonds is 8. The van der Waals surface area contributed by atoms with E-state index in [2.05, 4.69) is 9.71 Å². The van der Waals surface area contributed by atoms with Crippen LogP contribution in [0.15, 0.2) is 71.8 Å². The number of hydrogen-bond acceptors (Lipinski definition) is 5. The summed E-state index contributed by atoms with van der Waals surface area (Å²) in [5.74, 6) is -1.20. The van der Waals surface area contributed by atoms with Crippen LogP contribution >= 0.6 is 0 Å². The number of fused-ring (bicyclic) bond motifs is 2. The molecule has 0 unspecified atom stereocenters. The van der Waals surface area contributed by atoms with Crippen molar-refractivity contribution in [1.82, 2.24) is 9.71 Å². The van der Waals surface area contributed by atoms with Crippen molar-refractivity contribution in [1.29, 1.82) is 0 Å². The lowest BCUT2D eigenvalue weighted by Gasteiger charge is -2.08. The van der Waals surface area contributed by atoms with Gasteiger partial charge in [-0.3, -0.25) is 9.59 Å². The first kappa shape index (κ1) is 21.7. The lowest BCUT2D eigenvalue weighted by Crippen LogP contribution is -2.31. The SMILES string of the molecule is CCc1cccc2c(C(=O)COC(=O)CNS(=O)(=O)c3ccc4ccccc4c3)c[nH]c12. The van der Waals surface area contributed by atoms with Gasteiger partial charge in [0.25, 0.3) is 0 Å². The van der Waals surface area contributed by atoms with Gasteiger partial charge in [0.1, 0.15) is 6.54 Å². The van der Waals surface area contributed by atoms with Crippen LogP contribution in [0.3, 0.4) is 0 Å². The summed E-state index contributed by atoms with van der Waals surface area (Å²) < 4.78 is 32.3. The van der Waals surface area contributed by atoms with E-state index in [0.29, 0.717) is 5.56 Å². The third kappa shape index (κ3) is 4.42. The van der Waals surface area contributed by atoms with Crippen LogP contribution in [0.5, 0.6) is 0 Å². The highest BCUT2D eigenvalue weighted by Crippen LogP contribution is 2.23. The van der Waals surface area contributed by atoms with Gasteiger partial charge in [-0.15, -0.1) is 0 Å². The molecule has 0 aliphatic heterocycles. The van der Waals surface area contributed by atoms with Crippen LogP contribution in [0.25, 0.3) is 21.7 Å². The van der Waals surface area contributed by atoms with Gasteiger partial charge in [0.15, 0.2) is 6.61 Å². The number of aryl methyl sites for hydroxylation is 1. The number of Topliss-reactive ketones (excluding diaryl/α,β-unsaturated/α-hetero) is 1. The van der Waals surface area contributed by atoms with Crippen molar-refractivity contribution >= 4 is 43.5 Å². The number of nitrogens with one attached hydrogen (secondary N) is 2. The summed E-state index contributed by atoms with van der Waals surface area (Å²) >= 11 is 0. The molecule has 4 rings (SSSR count). The van der Waals surface area contributed by atoms with E-state index in [1.165, 1.54) is 12.1 Å². The second kappa shape index (κ2) is 8.94. The van der Waals surface area contributed by atoms with Crippen molar-refractivity contribution in [3.05, 3.63) is 78.0 Å². The van der Waals surface area contributed by atoms with Crippen LogP contribution in [0, 0.1) is 0 Å². The van der Waals surface area contributed by atoms with Gasteiger partial charge >= 0.3 is 5.97 Å². The lowest BCUT2D eigenvalue weighted by molar-refractivity contribution is -0.141. The van der Waals surface area contributed by atoms with Crippen molar-refractivity contribution < 1.29 is 22.7 Å². The Bertz CT molecular complexity index is 1420. The molecule has 7 nitrogen and oxygen atoms in total. The Morgan fingerprint density at radius 2 is 1.78 bits per heavy atom. The molecule has 0 saturated carbocycles. The summed E-state index contributed by atoms with van der Waals surface area (Å²) in [5, 5.41) is 2.45. The summed E-state index contributed by atoms with van der Waals surface area (Å²) in [6, 6.07) is 17.8. The first-order valence-electron chi connectivity index (χ1n) is 10.2. The third-order valence-corrected chi connectivity index (χ3v) is 6.68. The highest BCUT2D eigenvalue weighted by molar-refractivity contribution is 7.89. The van der Waals surface area contributed by atoms with Crippen LogP contribution in [-0.2, 0) is 26.0 Å². The zero-order valence-corrected chi connectivity index (χ0v) is 18.2. The number of aromatic amines is 1. The van der Waals surface area contributed by atoms with Crippen LogP contribution < -0.4 is 4.72 Å². The first-order chi connectivity index (χ1) is 15.4. The largest absolute Gasteiger partial charge is 0.456 e. The number of hydrogen-bond donors (Lipinski definition) is 2. The molecule has 8 heteroatoms. The second-order valence-corrected chi connectivity index (χ2v) is 9.08. The monoisotopic (exact) mass is 450 g/mol. The van der Waals surface area contributed by atoms with E-state index >= 15 is 0 Å². The molecule has 1 aromatic heterocycles. The van der Waals surface area contributed by atoms with E-state index in [4.69, 9.17) is 4.74 Å². The van der Waals surface area contributed by atoms with Crippen LogP contribution in [-0.4, -0.2) is 38.3 Å². The highest BCUT2D eigenvalue weighted by atomic mass is 32.2. The normalized spacial score (nSPS) is 11.7. The Balaban J connectivity index is 1.37. The van der Waals surface area contributed by atoms with E-state index in [-0.39, 0.29) is 10.7 Å². The predicted octanol–water partition coefficient (Wildman–Crippen LogP) is 3.59. The average Bonchev–Trinajstić information content (AvgIpc) is 3.25. The standard InChI is InChI=1S/C24H22N2O5S/c1-2-16-8-5-9-20-21(13-25-24(16)20)22(27)15-31-23(28)14-26-32(29,30)19-11-10-17-6-3-4-7-18(17)12-19/h3-13,25-26H,2,14-15H2,1H3. The Morgan fingerprint density at radius 3 is 2.56 bits per heavy atom. The van der Waals surface area contributed by atoms with Gasteiger partial charge in [0.2, 0.25) is 15.8 Å². The van der Waals surface area contributed by atoms with E-state index in [1.54, 1.807) is 12.3 Å². The van der Waals surface area contributed by atoms with Crippen molar-refractivity contribution in [3.8, 4) is 0 Å². The number of carbonyl (C=O) groups excluding carboxylic acids is 2. The number of H-pyrrole nitrogens is 1. The van der Waals surface area contributed by atoms with Crippen LogP contribution in [0.2, 0.25) is 0 Å². The number of benzene rings is 3. The summed E-state index contributed by atoms with van der Waals surface area (Å²) in [5.41, 5.74) is 2.40. The molecule has 0 fully saturated rings. The predicted molar refractivity (Wildman–Crippen MR) is 122 cm³/mol. The topological polar surface area (TPSA) is 105 Å². The molecule has 32 heavy (non-hydrogen) atoms. The minimum Gasteiger partial charge on any atom is -0.456 e. The van der Waals surface area contributed by atoms with Gasteiger partial charge in [-0.2, -0.15) is 4.72 Å². The number of carbonyl (C=O) groups is 2. The van der Waals surface area contributed by atoms with E-state index in [0.717, 1.165) is 33.7 Å². The van der Waals surface area contributed by atoms with Gasteiger partial charge < -0.3 is 9.72 Å². The minimum absolute atomic E-state index is 0.0468. The molecule has 0 saturated heterocycles. The zero-order valence-electron chi connectivity index (χ0n) is 17.4. The average molecular weight is 451 g/mol. The minimum atomic E-state index is -3.91. The number of esters is 1. The zero-order chi connectivity index (χ0) is 22.7. The van der Waals surface area contributed by atoms with E-state index in [9.17, 15) is 18.0 Å². The summed E-state index contributed by atoms with van der Waals surface area (Å²) in [4.78, 5) is 27.7. The van der Waals surface area contributed by atoms with Crippen molar-refractivity contribution in [2.24, 2.45) is 0 Å². The molecule has 0 bridgehead atoms. The maximum Gasteiger partial charge on any atom is 0.321 e. The second-order valence-electron chi connectivity index (χ2n) is 7.31. The number of aromatic nitrogens is 1. The molecule has 0 radical (unpaired) electrons. The summed E-state index contributed by atoms with van der Waals surface area (Å²) in [6.07, 6.45) is 2.42. The molecule has 164 valence electrons. The maximum absolute atomic E-state index is 12.5. The van der Waals surface area contributed by atoms with Crippen molar-refractivity contribution in [2.75, 3.05) is 13.2 Å².